The SMILES string of the molecule is Cc1cc(-c2ccc(Oc3ccc(Cl)cc3)cc2)n[nH]c1=O. The summed E-state index contributed by atoms with van der Waals surface area (Å²) in [4.78, 5) is 11.3. The van der Waals surface area contributed by atoms with E-state index in [0.29, 0.717) is 16.3 Å². The Morgan fingerprint density at radius 1 is 1.00 bits per heavy atom. The van der Waals surface area contributed by atoms with E-state index < -0.39 is 0 Å². The lowest BCUT2D eigenvalue weighted by Crippen LogP contribution is -2.11. The number of benzene rings is 2. The first-order valence-electron chi connectivity index (χ1n) is 6.72. The van der Waals surface area contributed by atoms with Crippen molar-refractivity contribution in [1.29, 1.82) is 0 Å². The van der Waals surface area contributed by atoms with Gasteiger partial charge in [-0.25, -0.2) is 5.10 Å². The molecule has 0 aliphatic heterocycles. The Kier molecular flexibility index (Phi) is 3.94. The van der Waals surface area contributed by atoms with Gasteiger partial charge in [-0.1, -0.05) is 11.6 Å². The van der Waals surface area contributed by atoms with Gasteiger partial charge in [-0.3, -0.25) is 4.79 Å². The third kappa shape index (κ3) is 3.18. The van der Waals surface area contributed by atoms with Crippen molar-refractivity contribution < 1.29 is 4.74 Å². The first-order valence-corrected chi connectivity index (χ1v) is 7.10. The summed E-state index contributed by atoms with van der Waals surface area (Å²) in [6.07, 6.45) is 0. The zero-order valence-corrected chi connectivity index (χ0v) is 12.6. The predicted octanol–water partition coefficient (Wildman–Crippen LogP) is 4.19. The van der Waals surface area contributed by atoms with E-state index in [-0.39, 0.29) is 5.56 Å². The van der Waals surface area contributed by atoms with Gasteiger partial charge in [-0.2, -0.15) is 5.10 Å². The second-order valence-electron chi connectivity index (χ2n) is 4.85. The van der Waals surface area contributed by atoms with Crippen LogP contribution in [0.25, 0.3) is 11.3 Å². The molecule has 1 aromatic heterocycles. The van der Waals surface area contributed by atoms with Gasteiger partial charge in [0.05, 0.1) is 5.69 Å². The number of H-pyrrole nitrogens is 1. The Balaban J connectivity index is 1.81. The van der Waals surface area contributed by atoms with Gasteiger partial charge < -0.3 is 4.74 Å². The first-order chi connectivity index (χ1) is 10.6. The molecule has 4 nitrogen and oxygen atoms in total. The molecule has 1 N–H and O–H groups in total. The molecule has 0 aliphatic carbocycles. The number of ether oxygens (including phenoxy) is 1. The first kappa shape index (κ1) is 14.4. The Morgan fingerprint density at radius 2 is 1.59 bits per heavy atom. The highest BCUT2D eigenvalue weighted by Crippen LogP contribution is 2.25. The minimum Gasteiger partial charge on any atom is -0.457 e. The number of hydrogen-bond donors (Lipinski definition) is 1. The quantitative estimate of drug-likeness (QED) is 0.789. The number of hydrogen-bond acceptors (Lipinski definition) is 3. The summed E-state index contributed by atoms with van der Waals surface area (Å²) in [5, 5.41) is 7.19. The fourth-order valence-electron chi connectivity index (χ4n) is 1.98. The van der Waals surface area contributed by atoms with Crippen LogP contribution in [0.2, 0.25) is 5.02 Å². The molecule has 3 aromatic rings. The highest BCUT2D eigenvalue weighted by molar-refractivity contribution is 6.30. The number of nitrogens with zero attached hydrogens (tertiary/aromatic N) is 1. The number of rotatable bonds is 3. The fraction of sp³-hybridized carbons (Fsp3) is 0.0588. The Labute approximate surface area is 132 Å². The lowest BCUT2D eigenvalue weighted by atomic mass is 10.1. The molecule has 0 aliphatic rings. The van der Waals surface area contributed by atoms with E-state index in [1.807, 2.05) is 36.4 Å². The summed E-state index contributed by atoms with van der Waals surface area (Å²) >= 11 is 5.84. The summed E-state index contributed by atoms with van der Waals surface area (Å²) < 4.78 is 5.73. The molecular formula is C17H13ClN2O2. The molecule has 0 saturated carbocycles. The van der Waals surface area contributed by atoms with Crippen LogP contribution in [0.15, 0.2) is 59.4 Å². The van der Waals surface area contributed by atoms with Crippen molar-refractivity contribution in [3.8, 4) is 22.8 Å². The average molecular weight is 313 g/mol. The molecule has 1 heterocycles. The van der Waals surface area contributed by atoms with Crippen molar-refractivity contribution >= 4 is 11.6 Å². The van der Waals surface area contributed by atoms with Gasteiger partial charge >= 0.3 is 0 Å². The highest BCUT2D eigenvalue weighted by Gasteiger charge is 2.03. The monoisotopic (exact) mass is 312 g/mol. The maximum atomic E-state index is 11.3. The molecule has 0 spiro atoms. The lowest BCUT2D eigenvalue weighted by molar-refractivity contribution is 0.483. The summed E-state index contributed by atoms with van der Waals surface area (Å²) in [6, 6.07) is 16.4. The summed E-state index contributed by atoms with van der Waals surface area (Å²) in [6.45, 7) is 1.75. The highest BCUT2D eigenvalue weighted by atomic mass is 35.5. The molecule has 0 amide bonds. The van der Waals surface area contributed by atoms with Gasteiger partial charge in [0.25, 0.3) is 5.56 Å². The Morgan fingerprint density at radius 3 is 2.18 bits per heavy atom. The molecule has 0 bridgehead atoms. The molecule has 0 saturated heterocycles. The average Bonchev–Trinajstić information content (AvgIpc) is 2.53. The molecular weight excluding hydrogens is 300 g/mol. The van der Waals surface area contributed by atoms with Crippen molar-refractivity contribution in [3.63, 3.8) is 0 Å². The van der Waals surface area contributed by atoms with E-state index in [0.717, 1.165) is 17.0 Å². The summed E-state index contributed by atoms with van der Waals surface area (Å²) in [5.74, 6) is 1.43. The smallest absolute Gasteiger partial charge is 0.267 e. The van der Waals surface area contributed by atoms with Gasteiger partial charge in [-0.05, 0) is 61.5 Å². The van der Waals surface area contributed by atoms with Crippen LogP contribution in [0, 0.1) is 6.92 Å². The van der Waals surface area contributed by atoms with E-state index in [2.05, 4.69) is 10.2 Å². The molecule has 0 unspecified atom stereocenters. The van der Waals surface area contributed by atoms with Crippen LogP contribution in [0.1, 0.15) is 5.56 Å². The van der Waals surface area contributed by atoms with Crippen molar-refractivity contribution in [3.05, 3.63) is 75.5 Å². The molecule has 0 fully saturated rings. The molecule has 5 heteroatoms. The van der Waals surface area contributed by atoms with Gasteiger partial charge in [0.2, 0.25) is 0 Å². The largest absolute Gasteiger partial charge is 0.457 e. The molecule has 2 aromatic carbocycles. The second-order valence-corrected chi connectivity index (χ2v) is 5.28. The number of halogens is 1. The minimum absolute atomic E-state index is 0.175. The zero-order valence-electron chi connectivity index (χ0n) is 11.8. The minimum atomic E-state index is -0.175. The third-order valence-electron chi connectivity index (χ3n) is 3.19. The Bertz CT molecular complexity index is 840. The fourth-order valence-corrected chi connectivity index (χ4v) is 2.11. The number of aryl methyl sites for hydroxylation is 1. The third-order valence-corrected chi connectivity index (χ3v) is 3.44. The normalized spacial score (nSPS) is 10.5. The van der Waals surface area contributed by atoms with Crippen molar-refractivity contribution in [2.24, 2.45) is 0 Å². The maximum absolute atomic E-state index is 11.3. The molecule has 110 valence electrons. The van der Waals surface area contributed by atoms with Crippen molar-refractivity contribution in [2.75, 3.05) is 0 Å². The Hall–Kier alpha value is -2.59. The van der Waals surface area contributed by atoms with Crippen LogP contribution in [-0.2, 0) is 0 Å². The summed E-state index contributed by atoms with van der Waals surface area (Å²) in [5.41, 5.74) is 2.08. The molecule has 0 radical (unpaired) electrons. The van der Waals surface area contributed by atoms with E-state index in [4.69, 9.17) is 16.3 Å². The van der Waals surface area contributed by atoms with Gasteiger partial charge in [0.1, 0.15) is 11.5 Å². The van der Waals surface area contributed by atoms with Gasteiger partial charge in [0.15, 0.2) is 0 Å². The van der Waals surface area contributed by atoms with Crippen LogP contribution in [0.4, 0.5) is 0 Å². The van der Waals surface area contributed by atoms with Crippen molar-refractivity contribution in [1.82, 2.24) is 10.2 Å². The van der Waals surface area contributed by atoms with Crippen LogP contribution >= 0.6 is 11.6 Å². The second kappa shape index (κ2) is 6.03. The molecule has 22 heavy (non-hydrogen) atoms. The topological polar surface area (TPSA) is 55.0 Å². The van der Waals surface area contributed by atoms with E-state index >= 15 is 0 Å². The molecule has 3 rings (SSSR count). The maximum Gasteiger partial charge on any atom is 0.267 e. The van der Waals surface area contributed by atoms with Crippen molar-refractivity contribution in [2.45, 2.75) is 6.92 Å². The number of aromatic amines is 1. The van der Waals surface area contributed by atoms with Gasteiger partial charge in [-0.15, -0.1) is 0 Å². The van der Waals surface area contributed by atoms with Gasteiger partial charge in [0, 0.05) is 16.1 Å². The van der Waals surface area contributed by atoms with Crippen LogP contribution in [0.5, 0.6) is 11.5 Å². The van der Waals surface area contributed by atoms with E-state index in [1.54, 1.807) is 25.1 Å². The van der Waals surface area contributed by atoms with Crippen LogP contribution < -0.4 is 10.3 Å². The number of aromatic nitrogens is 2. The summed E-state index contributed by atoms with van der Waals surface area (Å²) in [7, 11) is 0. The predicted molar refractivity (Wildman–Crippen MR) is 86.6 cm³/mol. The lowest BCUT2D eigenvalue weighted by Gasteiger charge is -2.07. The zero-order chi connectivity index (χ0) is 15.5. The van der Waals surface area contributed by atoms with E-state index in [1.165, 1.54) is 0 Å². The number of nitrogens with one attached hydrogen (secondary N) is 1. The van der Waals surface area contributed by atoms with Crippen LogP contribution in [0.3, 0.4) is 0 Å². The van der Waals surface area contributed by atoms with E-state index in [9.17, 15) is 4.79 Å². The van der Waals surface area contributed by atoms with Crippen LogP contribution in [-0.4, -0.2) is 10.2 Å². The standard InChI is InChI=1S/C17H13ClN2O2/c1-11-10-16(19-20-17(11)21)12-2-6-14(7-3-12)22-15-8-4-13(18)5-9-15/h2-10H,1H3,(H,20,21). The molecule has 0 atom stereocenters.